The molecule has 82 valence electrons. The van der Waals surface area contributed by atoms with Crippen molar-refractivity contribution in [1.82, 2.24) is 0 Å². The van der Waals surface area contributed by atoms with Crippen molar-refractivity contribution in [3.05, 3.63) is 12.2 Å². The maximum absolute atomic E-state index is 5.83. The molecule has 0 aliphatic heterocycles. The van der Waals surface area contributed by atoms with Gasteiger partial charge in [-0.25, -0.2) is 0 Å². The van der Waals surface area contributed by atoms with E-state index in [2.05, 4.69) is 27.4 Å². The molecule has 0 radical (unpaired) electrons. The predicted octanol–water partition coefficient (Wildman–Crippen LogP) is 3.35. The van der Waals surface area contributed by atoms with Crippen LogP contribution in [-0.2, 0) is 0 Å². The Morgan fingerprint density at radius 1 is 1.43 bits per heavy atom. The quantitative estimate of drug-likeness (QED) is 0.687. The van der Waals surface area contributed by atoms with E-state index in [1.807, 2.05) is 0 Å². The van der Waals surface area contributed by atoms with Crippen LogP contribution < -0.4 is 5.73 Å². The lowest BCUT2D eigenvalue weighted by Gasteiger charge is -2.40. The average molecular weight is 195 g/mol. The van der Waals surface area contributed by atoms with Gasteiger partial charge in [-0.2, -0.15) is 0 Å². The minimum absolute atomic E-state index is 0.520. The monoisotopic (exact) mass is 195 g/mol. The van der Waals surface area contributed by atoms with Crippen molar-refractivity contribution in [1.29, 1.82) is 0 Å². The molecule has 0 aromatic carbocycles. The Balaban J connectivity index is 2.60. The molecule has 0 aromatic heterocycles. The highest BCUT2D eigenvalue weighted by Crippen LogP contribution is 2.43. The van der Waals surface area contributed by atoms with E-state index in [9.17, 15) is 0 Å². The van der Waals surface area contributed by atoms with Gasteiger partial charge in [0.15, 0.2) is 0 Å². The van der Waals surface area contributed by atoms with Crippen LogP contribution in [0.3, 0.4) is 0 Å². The molecule has 1 saturated carbocycles. The van der Waals surface area contributed by atoms with Crippen molar-refractivity contribution >= 4 is 0 Å². The van der Waals surface area contributed by atoms with E-state index in [0.717, 1.165) is 18.4 Å². The Bertz CT molecular complexity index is 205. The van der Waals surface area contributed by atoms with E-state index in [-0.39, 0.29) is 0 Å². The van der Waals surface area contributed by atoms with E-state index >= 15 is 0 Å². The van der Waals surface area contributed by atoms with E-state index < -0.39 is 0 Å². The predicted molar refractivity (Wildman–Crippen MR) is 63.1 cm³/mol. The molecular formula is C13H25N. The van der Waals surface area contributed by atoms with Crippen molar-refractivity contribution in [2.45, 2.75) is 46.5 Å². The van der Waals surface area contributed by atoms with Crippen LogP contribution in [0.1, 0.15) is 46.5 Å². The van der Waals surface area contributed by atoms with E-state index in [1.165, 1.54) is 31.3 Å². The summed E-state index contributed by atoms with van der Waals surface area (Å²) in [6.45, 7) is 11.8. The summed E-state index contributed by atoms with van der Waals surface area (Å²) in [6, 6.07) is 0. The Labute approximate surface area is 88.8 Å². The largest absolute Gasteiger partial charge is 0.330 e. The first-order chi connectivity index (χ1) is 6.44. The van der Waals surface area contributed by atoms with Gasteiger partial charge in [-0.05, 0) is 56.4 Å². The molecule has 1 rings (SSSR count). The van der Waals surface area contributed by atoms with Gasteiger partial charge >= 0.3 is 0 Å². The first kappa shape index (κ1) is 11.8. The van der Waals surface area contributed by atoms with Crippen LogP contribution in [0.4, 0.5) is 0 Å². The summed E-state index contributed by atoms with van der Waals surface area (Å²) < 4.78 is 0. The summed E-state index contributed by atoms with van der Waals surface area (Å²) in [7, 11) is 0. The number of hydrogen-bond donors (Lipinski definition) is 1. The lowest BCUT2D eigenvalue weighted by Crippen LogP contribution is -2.34. The third-order valence-corrected chi connectivity index (χ3v) is 3.59. The second kappa shape index (κ2) is 4.48. The van der Waals surface area contributed by atoms with E-state index in [0.29, 0.717) is 5.41 Å². The molecule has 0 aromatic rings. The number of allylic oxidation sites excluding steroid dienone is 1. The van der Waals surface area contributed by atoms with E-state index in [4.69, 9.17) is 5.73 Å². The first-order valence-corrected chi connectivity index (χ1v) is 5.79. The highest BCUT2D eigenvalue weighted by molar-refractivity contribution is 4.95. The molecule has 1 aliphatic carbocycles. The highest BCUT2D eigenvalue weighted by atomic mass is 14.6. The van der Waals surface area contributed by atoms with Crippen molar-refractivity contribution in [2.75, 3.05) is 6.54 Å². The van der Waals surface area contributed by atoms with Gasteiger partial charge in [-0.15, -0.1) is 6.58 Å². The second-order valence-electron chi connectivity index (χ2n) is 5.82. The van der Waals surface area contributed by atoms with Crippen LogP contribution in [0.5, 0.6) is 0 Å². The van der Waals surface area contributed by atoms with Gasteiger partial charge in [0.1, 0.15) is 0 Å². The summed E-state index contributed by atoms with van der Waals surface area (Å²) in [5, 5.41) is 0. The molecule has 1 fully saturated rings. The lowest BCUT2D eigenvalue weighted by atomic mass is 9.65. The number of hydrogen-bond acceptors (Lipinski definition) is 1. The second-order valence-corrected chi connectivity index (χ2v) is 5.82. The molecule has 0 saturated heterocycles. The zero-order chi connectivity index (χ0) is 10.8. The number of rotatable bonds is 3. The molecule has 2 N–H and O–H groups in total. The Morgan fingerprint density at radius 3 is 2.57 bits per heavy atom. The molecule has 1 heteroatoms. The van der Waals surface area contributed by atoms with Crippen LogP contribution in [0, 0.1) is 17.3 Å². The van der Waals surface area contributed by atoms with Crippen molar-refractivity contribution in [3.63, 3.8) is 0 Å². The maximum atomic E-state index is 5.83. The molecule has 1 aliphatic rings. The zero-order valence-electron chi connectivity index (χ0n) is 9.97. The van der Waals surface area contributed by atoms with Crippen molar-refractivity contribution < 1.29 is 0 Å². The summed E-state index contributed by atoms with van der Waals surface area (Å²) in [5.74, 6) is 1.51. The molecule has 1 nitrogen and oxygen atoms in total. The summed E-state index contributed by atoms with van der Waals surface area (Å²) in [5.41, 5.74) is 7.66. The van der Waals surface area contributed by atoms with Gasteiger partial charge in [-0.3, -0.25) is 0 Å². The van der Waals surface area contributed by atoms with Gasteiger partial charge in [-0.1, -0.05) is 19.4 Å². The Kier molecular flexibility index (Phi) is 3.77. The maximum Gasteiger partial charge on any atom is -0.00461 e. The van der Waals surface area contributed by atoms with Crippen LogP contribution in [-0.4, -0.2) is 6.54 Å². The molecular weight excluding hydrogens is 170 g/mol. The molecule has 2 atom stereocenters. The van der Waals surface area contributed by atoms with Crippen LogP contribution >= 0.6 is 0 Å². The van der Waals surface area contributed by atoms with Gasteiger partial charge < -0.3 is 5.73 Å². The Morgan fingerprint density at radius 2 is 2.07 bits per heavy atom. The summed E-state index contributed by atoms with van der Waals surface area (Å²) in [4.78, 5) is 0. The summed E-state index contributed by atoms with van der Waals surface area (Å²) >= 11 is 0. The van der Waals surface area contributed by atoms with Crippen molar-refractivity contribution in [3.8, 4) is 0 Å². The van der Waals surface area contributed by atoms with Crippen LogP contribution in [0.2, 0.25) is 0 Å². The van der Waals surface area contributed by atoms with Crippen LogP contribution in [0.25, 0.3) is 0 Å². The van der Waals surface area contributed by atoms with Gasteiger partial charge in [0, 0.05) is 0 Å². The molecule has 14 heavy (non-hydrogen) atoms. The minimum atomic E-state index is 0.520. The fraction of sp³-hybridized carbons (Fsp3) is 0.846. The standard InChI is InChI=1S/C13H25N/c1-10(2)7-12-8-13(3,4)6-5-11(12)9-14/h11-12H,1,5-9,14H2,2-4H3. The summed E-state index contributed by atoms with van der Waals surface area (Å²) in [6.07, 6.45) is 5.13. The van der Waals surface area contributed by atoms with Gasteiger partial charge in [0.25, 0.3) is 0 Å². The molecule has 0 spiro atoms. The van der Waals surface area contributed by atoms with Crippen molar-refractivity contribution in [2.24, 2.45) is 23.0 Å². The third kappa shape index (κ3) is 3.13. The van der Waals surface area contributed by atoms with Crippen LogP contribution in [0.15, 0.2) is 12.2 Å². The fourth-order valence-corrected chi connectivity index (χ4v) is 2.79. The third-order valence-electron chi connectivity index (χ3n) is 3.59. The molecule has 0 amide bonds. The molecule has 2 unspecified atom stereocenters. The molecule has 0 heterocycles. The fourth-order valence-electron chi connectivity index (χ4n) is 2.79. The van der Waals surface area contributed by atoms with Gasteiger partial charge in [0.05, 0.1) is 0 Å². The normalized spacial score (nSPS) is 31.4. The zero-order valence-corrected chi connectivity index (χ0v) is 9.97. The molecule has 0 bridgehead atoms. The SMILES string of the molecule is C=C(C)CC1CC(C)(C)CCC1CN. The van der Waals surface area contributed by atoms with Gasteiger partial charge in [0.2, 0.25) is 0 Å². The lowest BCUT2D eigenvalue weighted by molar-refractivity contribution is 0.121. The number of nitrogens with two attached hydrogens (primary N) is 1. The average Bonchev–Trinajstić information content (AvgIpc) is 2.01. The first-order valence-electron chi connectivity index (χ1n) is 5.79. The minimum Gasteiger partial charge on any atom is -0.330 e. The Hall–Kier alpha value is -0.300. The smallest absolute Gasteiger partial charge is 0.00461 e. The highest BCUT2D eigenvalue weighted by Gasteiger charge is 2.33. The topological polar surface area (TPSA) is 26.0 Å². The van der Waals surface area contributed by atoms with E-state index in [1.54, 1.807) is 0 Å².